The molecule has 8 atom stereocenters. The van der Waals surface area contributed by atoms with E-state index in [2.05, 4.69) is 6.92 Å². The van der Waals surface area contributed by atoms with Gasteiger partial charge in [-0.05, 0) is 75.5 Å². The molecule has 6 nitrogen and oxygen atoms in total. The number of aliphatic hydroxyl groups is 1. The number of esters is 2. The van der Waals surface area contributed by atoms with Crippen molar-refractivity contribution < 1.29 is 28.9 Å². The first-order valence-corrected chi connectivity index (χ1v) is 11.9. The molecule has 1 aliphatic heterocycles. The summed E-state index contributed by atoms with van der Waals surface area (Å²) in [6.07, 6.45) is 7.35. The second-order valence-corrected chi connectivity index (χ2v) is 10.9. The van der Waals surface area contributed by atoms with Gasteiger partial charge in [-0.15, -0.1) is 0 Å². The highest BCUT2D eigenvalue weighted by Crippen LogP contribution is 2.74. The number of ether oxygens (including phenoxy) is 3. The van der Waals surface area contributed by atoms with Gasteiger partial charge in [0.2, 0.25) is 0 Å². The molecule has 0 aromatic rings. The first-order chi connectivity index (χ1) is 14.2. The molecule has 4 saturated carbocycles. The third-order valence-corrected chi connectivity index (χ3v) is 9.99. The number of carbonyl (C=O) groups excluding carboxylic acids is 2. The first-order valence-electron chi connectivity index (χ1n) is 11.9. The van der Waals surface area contributed by atoms with Crippen molar-refractivity contribution in [1.82, 2.24) is 0 Å². The molecule has 2 bridgehead atoms. The average molecular weight is 421 g/mol. The van der Waals surface area contributed by atoms with E-state index < -0.39 is 5.60 Å². The van der Waals surface area contributed by atoms with E-state index in [1.165, 1.54) is 6.92 Å². The molecule has 0 aromatic carbocycles. The zero-order valence-corrected chi connectivity index (χ0v) is 18.6. The van der Waals surface area contributed by atoms with E-state index in [4.69, 9.17) is 14.2 Å². The minimum Gasteiger partial charge on any atom is -0.466 e. The molecule has 1 N–H and O–H groups in total. The summed E-state index contributed by atoms with van der Waals surface area (Å²) in [5.41, 5.74) is -1.39. The second kappa shape index (κ2) is 6.68. The van der Waals surface area contributed by atoms with E-state index in [9.17, 15) is 14.7 Å². The zero-order valence-electron chi connectivity index (χ0n) is 18.6. The fourth-order valence-corrected chi connectivity index (χ4v) is 8.82. The summed E-state index contributed by atoms with van der Waals surface area (Å²) in [5.74, 6) is 0.309. The average Bonchev–Trinajstić information content (AvgIpc) is 3.16. The topological polar surface area (TPSA) is 82.1 Å². The van der Waals surface area contributed by atoms with Crippen molar-refractivity contribution in [3.8, 4) is 0 Å². The Morgan fingerprint density at radius 3 is 2.60 bits per heavy atom. The Kier molecular flexibility index (Phi) is 4.62. The fourth-order valence-electron chi connectivity index (χ4n) is 8.82. The molecule has 0 radical (unpaired) electrons. The van der Waals surface area contributed by atoms with Crippen LogP contribution in [0, 0.1) is 28.6 Å². The Morgan fingerprint density at radius 1 is 1.07 bits per heavy atom. The minimum absolute atomic E-state index is 0.0423. The molecule has 1 heterocycles. The molecule has 168 valence electrons. The number of hydrogen-bond acceptors (Lipinski definition) is 6. The van der Waals surface area contributed by atoms with Crippen LogP contribution in [-0.4, -0.2) is 47.6 Å². The highest BCUT2D eigenvalue weighted by Gasteiger charge is 2.76. The lowest BCUT2D eigenvalue weighted by molar-refractivity contribution is -0.219. The molecule has 1 spiro atoms. The molecule has 5 aliphatic rings. The predicted octanol–water partition coefficient (Wildman–Crippen LogP) is 3.39. The molecule has 30 heavy (non-hydrogen) atoms. The monoisotopic (exact) mass is 420 g/mol. The summed E-state index contributed by atoms with van der Waals surface area (Å²) in [4.78, 5) is 24.2. The quantitative estimate of drug-likeness (QED) is 0.705. The Labute approximate surface area is 179 Å². The predicted molar refractivity (Wildman–Crippen MR) is 108 cm³/mol. The van der Waals surface area contributed by atoms with Gasteiger partial charge in [0.25, 0.3) is 0 Å². The number of carbonyl (C=O) groups is 2. The van der Waals surface area contributed by atoms with Crippen LogP contribution in [0.25, 0.3) is 0 Å². The van der Waals surface area contributed by atoms with E-state index in [0.29, 0.717) is 37.9 Å². The maximum atomic E-state index is 12.7. The van der Waals surface area contributed by atoms with Crippen molar-refractivity contribution in [3.63, 3.8) is 0 Å². The van der Waals surface area contributed by atoms with Crippen LogP contribution in [0.4, 0.5) is 0 Å². The van der Waals surface area contributed by atoms with Crippen molar-refractivity contribution >= 4 is 11.9 Å². The van der Waals surface area contributed by atoms with Crippen molar-refractivity contribution in [2.24, 2.45) is 28.6 Å². The summed E-state index contributed by atoms with van der Waals surface area (Å²) in [7, 11) is 0. The maximum absolute atomic E-state index is 12.7. The largest absolute Gasteiger partial charge is 0.466 e. The van der Waals surface area contributed by atoms with Gasteiger partial charge in [0, 0.05) is 18.8 Å². The molecule has 5 fully saturated rings. The Balaban J connectivity index is 1.44. The van der Waals surface area contributed by atoms with Crippen LogP contribution >= 0.6 is 0 Å². The minimum atomic E-state index is -0.830. The van der Waals surface area contributed by atoms with Crippen molar-refractivity contribution in [3.05, 3.63) is 0 Å². The Hall–Kier alpha value is -1.14. The fraction of sp³-hybridized carbons (Fsp3) is 0.917. The lowest BCUT2D eigenvalue weighted by Crippen LogP contribution is -2.66. The normalized spacial score (nSPS) is 51.5. The summed E-state index contributed by atoms with van der Waals surface area (Å²) >= 11 is 0. The lowest BCUT2D eigenvalue weighted by Gasteiger charge is -2.63. The second-order valence-electron chi connectivity index (χ2n) is 10.9. The number of rotatable bonds is 3. The molecular formula is C24H36O6. The lowest BCUT2D eigenvalue weighted by atomic mass is 9.42. The summed E-state index contributed by atoms with van der Waals surface area (Å²) < 4.78 is 17.7. The molecule has 5 rings (SSSR count). The Morgan fingerprint density at radius 2 is 1.87 bits per heavy atom. The summed E-state index contributed by atoms with van der Waals surface area (Å²) in [6.45, 7) is 6.63. The Bertz CT molecular complexity index is 752. The van der Waals surface area contributed by atoms with E-state index in [0.717, 1.165) is 44.9 Å². The van der Waals surface area contributed by atoms with Gasteiger partial charge in [0.15, 0.2) is 0 Å². The smallest absolute Gasteiger partial charge is 0.309 e. The van der Waals surface area contributed by atoms with Crippen LogP contribution in [0.3, 0.4) is 0 Å². The van der Waals surface area contributed by atoms with Gasteiger partial charge < -0.3 is 19.3 Å². The van der Waals surface area contributed by atoms with Gasteiger partial charge in [-0.2, -0.15) is 0 Å². The van der Waals surface area contributed by atoms with Crippen molar-refractivity contribution in [2.45, 2.75) is 95.9 Å². The maximum Gasteiger partial charge on any atom is 0.309 e. The SMILES string of the molecule is CCOC(=O)[C@@H]1CC[C@H]2[C@]1(C)CC[C@@H]1[C@]23CC[C@@]2(O)C[C@H](OC(C)=O)CC[C@@]12CO3. The third kappa shape index (κ3) is 2.49. The van der Waals surface area contributed by atoms with Crippen molar-refractivity contribution in [2.75, 3.05) is 13.2 Å². The van der Waals surface area contributed by atoms with Gasteiger partial charge in [-0.1, -0.05) is 6.92 Å². The van der Waals surface area contributed by atoms with Crippen LogP contribution in [-0.2, 0) is 23.8 Å². The van der Waals surface area contributed by atoms with Gasteiger partial charge in [0.1, 0.15) is 6.10 Å². The van der Waals surface area contributed by atoms with Crippen LogP contribution < -0.4 is 0 Å². The first kappa shape index (κ1) is 20.7. The van der Waals surface area contributed by atoms with Crippen LogP contribution in [0.15, 0.2) is 0 Å². The van der Waals surface area contributed by atoms with Crippen molar-refractivity contribution in [1.29, 1.82) is 0 Å². The molecule has 4 aliphatic carbocycles. The molecule has 0 unspecified atom stereocenters. The van der Waals surface area contributed by atoms with E-state index >= 15 is 0 Å². The van der Waals surface area contributed by atoms with Crippen LogP contribution in [0.1, 0.15) is 78.6 Å². The highest BCUT2D eigenvalue weighted by molar-refractivity contribution is 5.74. The highest BCUT2D eigenvalue weighted by atomic mass is 16.5. The molecular weight excluding hydrogens is 384 g/mol. The standard InChI is InChI=1S/C24H36O6/c1-4-28-20(26)17-5-6-18-21(17,3)9-8-19-22-10-7-16(30-15(2)25)13-23(22,27)11-12-24(18,19)29-14-22/h16-19,27H,4-14H2,1-3H3/t16-,17+,18+,19+,21-,22-,23-,24+/m1/s1. The number of hydrogen-bond donors (Lipinski definition) is 1. The van der Waals surface area contributed by atoms with Crippen LogP contribution in [0.5, 0.6) is 0 Å². The summed E-state index contributed by atoms with van der Waals surface area (Å²) in [5, 5.41) is 11.9. The molecule has 6 heteroatoms. The van der Waals surface area contributed by atoms with Gasteiger partial charge in [-0.25, -0.2) is 0 Å². The van der Waals surface area contributed by atoms with E-state index in [1.807, 2.05) is 6.92 Å². The molecule has 0 amide bonds. The summed E-state index contributed by atoms with van der Waals surface area (Å²) in [6, 6.07) is 0. The van der Waals surface area contributed by atoms with E-state index in [1.54, 1.807) is 0 Å². The van der Waals surface area contributed by atoms with Gasteiger partial charge in [0.05, 0.1) is 30.3 Å². The zero-order chi connectivity index (χ0) is 21.4. The van der Waals surface area contributed by atoms with Gasteiger partial charge in [-0.3, -0.25) is 9.59 Å². The molecule has 0 aromatic heterocycles. The third-order valence-electron chi connectivity index (χ3n) is 9.99. The van der Waals surface area contributed by atoms with E-state index in [-0.39, 0.29) is 40.4 Å². The molecule has 1 saturated heterocycles. The van der Waals surface area contributed by atoms with Crippen LogP contribution in [0.2, 0.25) is 0 Å². The van der Waals surface area contributed by atoms with Gasteiger partial charge >= 0.3 is 11.9 Å². The number of fused-ring (bicyclic) bond motifs is 1.